The van der Waals surface area contributed by atoms with Crippen molar-refractivity contribution < 1.29 is 19.0 Å². The van der Waals surface area contributed by atoms with E-state index in [1.807, 2.05) is 45.3 Å². The van der Waals surface area contributed by atoms with E-state index in [2.05, 4.69) is 10.2 Å². The van der Waals surface area contributed by atoms with Crippen LogP contribution >= 0.6 is 0 Å². The van der Waals surface area contributed by atoms with Crippen LogP contribution in [0.25, 0.3) is 0 Å². The van der Waals surface area contributed by atoms with Gasteiger partial charge in [-0.1, -0.05) is 17.7 Å². The minimum atomic E-state index is -0.970. The largest absolute Gasteiger partial charge is 0.478 e. The predicted octanol–water partition coefficient (Wildman–Crippen LogP) is 2.00. The third-order valence-electron chi connectivity index (χ3n) is 4.43. The Morgan fingerprint density at radius 2 is 2.00 bits per heavy atom. The predicted molar refractivity (Wildman–Crippen MR) is 102 cm³/mol. The van der Waals surface area contributed by atoms with Crippen LogP contribution in [0.15, 0.2) is 24.3 Å². The quantitative estimate of drug-likeness (QED) is 0.765. The molecular formula is C20H32N2O4. The number of benzene rings is 1. The molecule has 1 amide bonds. The smallest absolute Gasteiger partial charge is 0.263 e. The van der Waals surface area contributed by atoms with Gasteiger partial charge in [0.1, 0.15) is 11.9 Å². The average molecular weight is 364 g/mol. The van der Waals surface area contributed by atoms with Gasteiger partial charge in [0.25, 0.3) is 5.91 Å². The van der Waals surface area contributed by atoms with Gasteiger partial charge in [0.2, 0.25) is 0 Å². The second kappa shape index (κ2) is 9.35. The van der Waals surface area contributed by atoms with Crippen molar-refractivity contribution in [3.63, 3.8) is 0 Å². The summed E-state index contributed by atoms with van der Waals surface area (Å²) in [5.41, 5.74) is 0.182. The molecular weight excluding hydrogens is 332 g/mol. The van der Waals surface area contributed by atoms with Gasteiger partial charge in [-0.3, -0.25) is 4.79 Å². The fraction of sp³-hybridized carbons (Fsp3) is 0.650. The van der Waals surface area contributed by atoms with Gasteiger partial charge < -0.3 is 24.4 Å². The fourth-order valence-corrected chi connectivity index (χ4v) is 2.72. The molecule has 0 radical (unpaired) electrons. The van der Waals surface area contributed by atoms with Crippen molar-refractivity contribution in [1.82, 2.24) is 10.2 Å². The van der Waals surface area contributed by atoms with Crippen molar-refractivity contribution >= 4 is 5.91 Å². The van der Waals surface area contributed by atoms with Crippen molar-refractivity contribution in [3.8, 4) is 5.75 Å². The van der Waals surface area contributed by atoms with Crippen LogP contribution in [0.1, 0.15) is 25.8 Å². The Morgan fingerprint density at radius 3 is 2.65 bits per heavy atom. The van der Waals surface area contributed by atoms with Gasteiger partial charge in [-0.15, -0.1) is 0 Å². The average Bonchev–Trinajstić information content (AvgIpc) is 2.58. The first kappa shape index (κ1) is 20.7. The molecule has 2 atom stereocenters. The first-order valence-electron chi connectivity index (χ1n) is 9.18. The molecule has 1 heterocycles. The fourth-order valence-electron chi connectivity index (χ4n) is 2.72. The third-order valence-corrected chi connectivity index (χ3v) is 4.43. The zero-order valence-electron chi connectivity index (χ0n) is 16.6. The number of nitrogens with one attached hydrogen (secondary N) is 1. The molecule has 2 rings (SSSR count). The zero-order valence-corrected chi connectivity index (χ0v) is 16.6. The molecule has 6 heteroatoms. The zero-order chi connectivity index (χ0) is 19.2. The number of aryl methyl sites for hydroxylation is 1. The topological polar surface area (TPSA) is 60.0 Å². The van der Waals surface area contributed by atoms with E-state index in [-0.39, 0.29) is 18.1 Å². The molecule has 1 aromatic carbocycles. The van der Waals surface area contributed by atoms with Crippen LogP contribution in [0.4, 0.5) is 0 Å². The lowest BCUT2D eigenvalue weighted by Crippen LogP contribution is -2.56. The van der Waals surface area contributed by atoms with Gasteiger partial charge in [-0.2, -0.15) is 0 Å². The number of carbonyl (C=O) groups is 1. The van der Waals surface area contributed by atoms with Crippen LogP contribution in [0.2, 0.25) is 0 Å². The summed E-state index contributed by atoms with van der Waals surface area (Å²) in [4.78, 5) is 14.9. The van der Waals surface area contributed by atoms with Gasteiger partial charge in [0, 0.05) is 13.2 Å². The standard InChI is InChI=1S/C20H32N2O4/c1-15-6-8-16(9-7-15)26-20(2,3)19(23)21-17-10-12-24-14-18(17)25-13-11-22(4)5/h6-9,17-18H,10-14H2,1-5H3,(H,21,23)/t17-,18-/m1/s1. The summed E-state index contributed by atoms with van der Waals surface area (Å²) in [7, 11) is 4.01. The summed E-state index contributed by atoms with van der Waals surface area (Å²) < 4.78 is 17.4. The van der Waals surface area contributed by atoms with Crippen LogP contribution < -0.4 is 10.1 Å². The van der Waals surface area contributed by atoms with Gasteiger partial charge in [0.15, 0.2) is 5.60 Å². The molecule has 0 spiro atoms. The Balaban J connectivity index is 1.92. The Bertz CT molecular complexity index is 572. The minimum absolute atomic E-state index is 0.0701. The first-order chi connectivity index (χ1) is 12.3. The Labute approximate surface area is 156 Å². The van der Waals surface area contributed by atoms with Crippen molar-refractivity contribution in [3.05, 3.63) is 29.8 Å². The molecule has 1 aliphatic rings. The summed E-state index contributed by atoms with van der Waals surface area (Å²) in [5.74, 6) is 0.535. The molecule has 1 saturated heterocycles. The highest BCUT2D eigenvalue weighted by molar-refractivity contribution is 5.85. The highest BCUT2D eigenvalue weighted by Crippen LogP contribution is 2.20. The third kappa shape index (κ3) is 6.27. The number of amides is 1. The molecule has 0 unspecified atom stereocenters. The van der Waals surface area contributed by atoms with Crippen LogP contribution in [0.5, 0.6) is 5.75 Å². The normalized spacial score (nSPS) is 20.8. The van der Waals surface area contributed by atoms with E-state index in [4.69, 9.17) is 14.2 Å². The van der Waals surface area contributed by atoms with Crippen LogP contribution in [-0.4, -0.2) is 69.0 Å². The van der Waals surface area contributed by atoms with E-state index in [1.54, 1.807) is 13.8 Å². The summed E-state index contributed by atoms with van der Waals surface area (Å²) in [6.07, 6.45) is 0.599. The molecule has 0 bridgehead atoms. The van der Waals surface area contributed by atoms with E-state index in [9.17, 15) is 4.79 Å². The van der Waals surface area contributed by atoms with E-state index in [1.165, 1.54) is 0 Å². The van der Waals surface area contributed by atoms with Gasteiger partial charge in [-0.25, -0.2) is 0 Å². The maximum absolute atomic E-state index is 12.8. The highest BCUT2D eigenvalue weighted by atomic mass is 16.5. The summed E-state index contributed by atoms with van der Waals surface area (Å²) >= 11 is 0. The Morgan fingerprint density at radius 1 is 1.31 bits per heavy atom. The molecule has 0 saturated carbocycles. The number of rotatable bonds is 8. The molecule has 0 aromatic heterocycles. The second-order valence-electron chi connectivity index (χ2n) is 7.58. The Hall–Kier alpha value is -1.63. The molecule has 6 nitrogen and oxygen atoms in total. The lowest BCUT2D eigenvalue weighted by atomic mass is 10.0. The number of nitrogens with zero attached hydrogens (tertiary/aromatic N) is 1. The summed E-state index contributed by atoms with van der Waals surface area (Å²) in [5, 5.41) is 3.10. The Kier molecular flexibility index (Phi) is 7.43. The second-order valence-corrected chi connectivity index (χ2v) is 7.58. The lowest BCUT2D eigenvalue weighted by molar-refractivity contribution is -0.139. The minimum Gasteiger partial charge on any atom is -0.478 e. The first-order valence-corrected chi connectivity index (χ1v) is 9.18. The summed E-state index contributed by atoms with van der Waals surface area (Å²) in [6, 6.07) is 7.63. The molecule has 1 aromatic rings. The van der Waals surface area contributed by atoms with Crippen LogP contribution in [-0.2, 0) is 14.3 Å². The van der Waals surface area contributed by atoms with Gasteiger partial charge in [-0.05, 0) is 53.4 Å². The molecule has 1 fully saturated rings. The van der Waals surface area contributed by atoms with E-state index in [0.29, 0.717) is 25.6 Å². The van der Waals surface area contributed by atoms with E-state index >= 15 is 0 Å². The number of hydrogen-bond donors (Lipinski definition) is 1. The van der Waals surface area contributed by atoms with Crippen molar-refractivity contribution in [2.45, 2.75) is 44.9 Å². The molecule has 146 valence electrons. The highest BCUT2D eigenvalue weighted by Gasteiger charge is 2.35. The summed E-state index contributed by atoms with van der Waals surface area (Å²) in [6.45, 7) is 8.14. The lowest BCUT2D eigenvalue weighted by Gasteiger charge is -2.35. The maximum Gasteiger partial charge on any atom is 0.263 e. The van der Waals surface area contributed by atoms with Crippen LogP contribution in [0.3, 0.4) is 0 Å². The number of hydrogen-bond acceptors (Lipinski definition) is 5. The number of carbonyl (C=O) groups excluding carboxylic acids is 1. The number of likely N-dealkylation sites (N-methyl/N-ethyl adjacent to an activating group) is 1. The molecule has 1 N–H and O–H groups in total. The van der Waals surface area contributed by atoms with Crippen molar-refractivity contribution in [2.75, 3.05) is 40.5 Å². The SMILES string of the molecule is Cc1ccc(OC(C)(C)C(=O)N[C@@H]2CCOC[C@H]2OCCN(C)C)cc1. The monoisotopic (exact) mass is 364 g/mol. The van der Waals surface area contributed by atoms with Gasteiger partial charge in [0.05, 0.1) is 19.3 Å². The van der Waals surface area contributed by atoms with E-state index < -0.39 is 5.60 Å². The van der Waals surface area contributed by atoms with Crippen LogP contribution in [0, 0.1) is 6.92 Å². The van der Waals surface area contributed by atoms with E-state index in [0.717, 1.165) is 18.5 Å². The number of ether oxygens (including phenoxy) is 3. The van der Waals surface area contributed by atoms with Crippen molar-refractivity contribution in [2.24, 2.45) is 0 Å². The maximum atomic E-state index is 12.8. The van der Waals surface area contributed by atoms with Crippen molar-refractivity contribution in [1.29, 1.82) is 0 Å². The van der Waals surface area contributed by atoms with Gasteiger partial charge >= 0.3 is 0 Å². The molecule has 0 aliphatic carbocycles. The molecule has 1 aliphatic heterocycles. The molecule has 26 heavy (non-hydrogen) atoms.